The molecule has 0 radical (unpaired) electrons. The van der Waals surface area contributed by atoms with Crippen molar-refractivity contribution in [1.29, 1.82) is 0 Å². The summed E-state index contributed by atoms with van der Waals surface area (Å²) in [6.45, 7) is 0. The fourth-order valence-corrected chi connectivity index (χ4v) is 2.44. The second-order valence-corrected chi connectivity index (χ2v) is 5.31. The summed E-state index contributed by atoms with van der Waals surface area (Å²) in [4.78, 5) is 22.9. The molecule has 20 heavy (non-hydrogen) atoms. The van der Waals surface area contributed by atoms with Crippen LogP contribution in [0, 0.1) is 5.92 Å². The molecule has 1 aliphatic carbocycles. The maximum Gasteiger partial charge on any atom is 0.310 e. The molecule has 1 aliphatic rings. The fraction of sp³-hybridized carbons (Fsp3) is 0.231. The molecular formula is C13H12Cl2N2O3. The maximum absolute atomic E-state index is 12.0. The Hall–Kier alpha value is -1.72. The Morgan fingerprint density at radius 2 is 1.85 bits per heavy atom. The van der Waals surface area contributed by atoms with Gasteiger partial charge in [0.1, 0.15) is 0 Å². The number of anilines is 1. The zero-order valence-corrected chi connectivity index (χ0v) is 11.8. The van der Waals surface area contributed by atoms with E-state index in [1.54, 1.807) is 12.2 Å². The molecule has 7 heteroatoms. The van der Waals surface area contributed by atoms with E-state index in [9.17, 15) is 9.59 Å². The molecule has 5 nitrogen and oxygen atoms in total. The van der Waals surface area contributed by atoms with Crippen LogP contribution < -0.4 is 11.1 Å². The van der Waals surface area contributed by atoms with Gasteiger partial charge in [-0.2, -0.15) is 0 Å². The van der Waals surface area contributed by atoms with E-state index < -0.39 is 11.9 Å². The highest BCUT2D eigenvalue weighted by Crippen LogP contribution is 2.29. The van der Waals surface area contributed by atoms with Crippen molar-refractivity contribution in [3.8, 4) is 0 Å². The van der Waals surface area contributed by atoms with Gasteiger partial charge in [-0.25, -0.2) is 0 Å². The number of benzene rings is 1. The number of halogens is 2. The minimum atomic E-state index is -0.906. The molecule has 0 heterocycles. The molecule has 1 amide bonds. The SMILES string of the molecule is Nc1c(Cl)cc(C(=O)NC2C=CC(C(=O)O)C2)cc1Cl. The number of carboxylic acid groups (broad SMARTS) is 1. The lowest BCUT2D eigenvalue weighted by Gasteiger charge is -2.13. The summed E-state index contributed by atoms with van der Waals surface area (Å²) in [6.07, 6.45) is 3.56. The van der Waals surface area contributed by atoms with Gasteiger partial charge in [-0.05, 0) is 18.6 Å². The van der Waals surface area contributed by atoms with Gasteiger partial charge in [-0.15, -0.1) is 0 Å². The summed E-state index contributed by atoms with van der Waals surface area (Å²) in [5, 5.41) is 12.0. The maximum atomic E-state index is 12.0. The van der Waals surface area contributed by atoms with Gasteiger partial charge in [0, 0.05) is 11.6 Å². The van der Waals surface area contributed by atoms with Crippen LogP contribution >= 0.6 is 23.2 Å². The molecule has 0 fully saturated rings. The number of hydrogen-bond acceptors (Lipinski definition) is 3. The van der Waals surface area contributed by atoms with E-state index in [1.807, 2.05) is 0 Å². The van der Waals surface area contributed by atoms with Crippen molar-refractivity contribution in [3.63, 3.8) is 0 Å². The number of rotatable bonds is 3. The Labute approximate surface area is 125 Å². The Kier molecular flexibility index (Phi) is 4.20. The van der Waals surface area contributed by atoms with Crippen LogP contribution in [0.15, 0.2) is 24.3 Å². The lowest BCUT2D eigenvalue weighted by atomic mass is 10.1. The number of hydrogen-bond donors (Lipinski definition) is 3. The zero-order valence-electron chi connectivity index (χ0n) is 10.3. The number of carbonyl (C=O) groups excluding carboxylic acids is 1. The molecule has 0 saturated carbocycles. The smallest absolute Gasteiger partial charge is 0.310 e. The van der Waals surface area contributed by atoms with Gasteiger partial charge >= 0.3 is 5.97 Å². The van der Waals surface area contributed by atoms with Crippen LogP contribution in [0.2, 0.25) is 10.0 Å². The van der Waals surface area contributed by atoms with Crippen LogP contribution in [0.4, 0.5) is 5.69 Å². The van der Waals surface area contributed by atoms with Gasteiger partial charge in [0.15, 0.2) is 0 Å². The first-order valence-corrected chi connectivity index (χ1v) is 6.60. The summed E-state index contributed by atoms with van der Waals surface area (Å²) in [5.74, 6) is -1.86. The third kappa shape index (κ3) is 3.05. The number of carboxylic acids is 1. The van der Waals surface area contributed by atoms with Gasteiger partial charge in [0.2, 0.25) is 0 Å². The van der Waals surface area contributed by atoms with Crippen molar-refractivity contribution in [1.82, 2.24) is 5.32 Å². The van der Waals surface area contributed by atoms with Crippen LogP contribution in [0.5, 0.6) is 0 Å². The van der Waals surface area contributed by atoms with E-state index in [4.69, 9.17) is 34.0 Å². The van der Waals surface area contributed by atoms with Crippen LogP contribution in [0.25, 0.3) is 0 Å². The molecule has 0 bridgehead atoms. The molecule has 1 aromatic carbocycles. The number of aliphatic carboxylic acids is 1. The first kappa shape index (κ1) is 14.7. The van der Waals surface area contributed by atoms with Crippen LogP contribution in [0.1, 0.15) is 16.8 Å². The zero-order chi connectivity index (χ0) is 14.9. The van der Waals surface area contributed by atoms with Gasteiger partial charge in [0.25, 0.3) is 5.91 Å². The highest BCUT2D eigenvalue weighted by molar-refractivity contribution is 6.39. The Balaban J connectivity index is 2.07. The van der Waals surface area contributed by atoms with Crippen molar-refractivity contribution in [3.05, 3.63) is 39.9 Å². The monoisotopic (exact) mass is 314 g/mol. The van der Waals surface area contributed by atoms with Gasteiger partial charge in [0.05, 0.1) is 21.7 Å². The van der Waals surface area contributed by atoms with Crippen LogP contribution in [-0.4, -0.2) is 23.0 Å². The van der Waals surface area contributed by atoms with Crippen molar-refractivity contribution < 1.29 is 14.7 Å². The standard InChI is InChI=1S/C13H12Cl2N2O3/c14-9-4-7(5-10(15)11(9)16)12(18)17-8-2-1-6(3-8)13(19)20/h1-2,4-6,8H,3,16H2,(H,17,18)(H,19,20). The van der Waals surface area contributed by atoms with E-state index in [1.165, 1.54) is 12.1 Å². The summed E-state index contributed by atoms with van der Waals surface area (Å²) >= 11 is 11.7. The summed E-state index contributed by atoms with van der Waals surface area (Å²) in [6, 6.07) is 2.52. The topological polar surface area (TPSA) is 92.4 Å². The normalized spacial score (nSPS) is 20.9. The van der Waals surface area contributed by atoms with Crippen molar-refractivity contribution in [2.75, 3.05) is 5.73 Å². The third-order valence-electron chi connectivity index (χ3n) is 3.06. The van der Waals surface area contributed by atoms with E-state index in [0.29, 0.717) is 6.42 Å². The molecule has 106 valence electrons. The first-order chi connectivity index (χ1) is 9.38. The summed E-state index contributed by atoms with van der Waals surface area (Å²) in [7, 11) is 0. The lowest BCUT2D eigenvalue weighted by Crippen LogP contribution is -2.33. The van der Waals surface area contributed by atoms with Gasteiger partial charge in [-0.1, -0.05) is 35.4 Å². The van der Waals surface area contributed by atoms with Crippen LogP contribution in [0.3, 0.4) is 0 Å². The van der Waals surface area contributed by atoms with Gasteiger partial charge < -0.3 is 16.2 Å². The number of carbonyl (C=O) groups is 2. The average Bonchev–Trinajstić information content (AvgIpc) is 2.84. The first-order valence-electron chi connectivity index (χ1n) is 5.85. The molecule has 2 unspecified atom stereocenters. The Bertz CT molecular complexity index is 578. The fourth-order valence-electron chi connectivity index (χ4n) is 1.96. The quantitative estimate of drug-likeness (QED) is 0.589. The highest BCUT2D eigenvalue weighted by atomic mass is 35.5. The van der Waals surface area contributed by atoms with Crippen molar-refractivity contribution >= 4 is 40.8 Å². The summed E-state index contributed by atoms with van der Waals surface area (Å²) in [5.41, 5.74) is 6.09. The van der Waals surface area contributed by atoms with E-state index in [0.717, 1.165) is 0 Å². The Morgan fingerprint density at radius 3 is 2.35 bits per heavy atom. The number of nitrogens with one attached hydrogen (secondary N) is 1. The minimum absolute atomic E-state index is 0.202. The second kappa shape index (κ2) is 5.73. The molecule has 0 aromatic heterocycles. The molecule has 2 atom stereocenters. The molecule has 2 rings (SSSR count). The predicted octanol–water partition coefficient (Wildman–Crippen LogP) is 2.33. The van der Waals surface area contributed by atoms with Crippen molar-refractivity contribution in [2.45, 2.75) is 12.5 Å². The van der Waals surface area contributed by atoms with Gasteiger partial charge in [-0.3, -0.25) is 9.59 Å². The second-order valence-electron chi connectivity index (χ2n) is 4.50. The summed E-state index contributed by atoms with van der Waals surface area (Å²) < 4.78 is 0. The molecule has 0 spiro atoms. The highest BCUT2D eigenvalue weighted by Gasteiger charge is 2.25. The Morgan fingerprint density at radius 1 is 1.25 bits per heavy atom. The van der Waals surface area contributed by atoms with E-state index >= 15 is 0 Å². The molecular weight excluding hydrogens is 303 g/mol. The largest absolute Gasteiger partial charge is 0.481 e. The molecule has 1 aromatic rings. The van der Waals surface area contributed by atoms with Crippen molar-refractivity contribution in [2.24, 2.45) is 5.92 Å². The number of nitrogens with two attached hydrogens (primary N) is 1. The lowest BCUT2D eigenvalue weighted by molar-refractivity contribution is -0.140. The molecule has 4 N–H and O–H groups in total. The number of nitrogen functional groups attached to an aromatic ring is 1. The average molecular weight is 315 g/mol. The van der Waals surface area contributed by atoms with E-state index in [2.05, 4.69) is 5.32 Å². The third-order valence-corrected chi connectivity index (χ3v) is 3.68. The predicted molar refractivity (Wildman–Crippen MR) is 77.0 cm³/mol. The minimum Gasteiger partial charge on any atom is -0.481 e. The molecule has 0 saturated heterocycles. The molecule has 0 aliphatic heterocycles. The van der Waals surface area contributed by atoms with Crippen LogP contribution in [-0.2, 0) is 4.79 Å². The number of amides is 1. The van der Waals surface area contributed by atoms with E-state index in [-0.39, 0.29) is 33.2 Å².